The Bertz CT molecular complexity index is 264. The van der Waals surface area contributed by atoms with Crippen molar-refractivity contribution in [2.24, 2.45) is 0 Å². The average Bonchev–Trinajstić information content (AvgIpc) is 2.26. The van der Waals surface area contributed by atoms with Crippen molar-refractivity contribution in [2.75, 3.05) is 6.61 Å². The quantitative estimate of drug-likeness (QED) is 0.894. The predicted molar refractivity (Wildman–Crippen MR) is 67.6 cm³/mol. The molecule has 0 aliphatic carbocycles. The number of nitrogens with zero attached hydrogens (tertiary/aromatic N) is 1. The summed E-state index contributed by atoms with van der Waals surface area (Å²) < 4.78 is 1.08. The zero-order valence-corrected chi connectivity index (χ0v) is 11.1. The van der Waals surface area contributed by atoms with Gasteiger partial charge in [0.15, 0.2) is 0 Å². The third-order valence-electron chi connectivity index (χ3n) is 1.31. The molecular weight excluding hydrogens is 254 g/mol. The van der Waals surface area contributed by atoms with E-state index in [1.165, 1.54) is 12.5 Å². The van der Waals surface area contributed by atoms with Crippen LogP contribution in [0.1, 0.15) is 26.3 Å². The van der Waals surface area contributed by atoms with Crippen LogP contribution in [-0.4, -0.2) is 11.7 Å². The molecule has 1 rings (SSSR count). The Morgan fingerprint density at radius 2 is 1.67 bits per heavy atom. The van der Waals surface area contributed by atoms with Crippen molar-refractivity contribution >= 4 is 15.9 Å². The van der Waals surface area contributed by atoms with Crippen LogP contribution in [0.25, 0.3) is 0 Å². The van der Waals surface area contributed by atoms with Crippen LogP contribution in [-0.2, 0) is 6.42 Å². The van der Waals surface area contributed by atoms with E-state index in [9.17, 15) is 0 Å². The lowest BCUT2D eigenvalue weighted by Gasteiger charge is -1.96. The number of hydrogen-bond donors (Lipinski definition) is 1. The molecule has 0 atom stereocenters. The zero-order valence-electron chi connectivity index (χ0n) is 9.50. The number of benzene rings is 1. The first-order chi connectivity index (χ1) is 7.24. The number of halogens is 1. The fourth-order valence-electron chi connectivity index (χ4n) is 0.780. The number of rotatable bonds is 2. The maximum Gasteiger partial charge on any atom is 0.0587 e. The Morgan fingerprint density at radius 3 is 2.00 bits per heavy atom. The highest BCUT2D eigenvalue weighted by atomic mass is 79.9. The zero-order chi connectivity index (χ0) is 12.1. The number of hydrogen-bond acceptors (Lipinski definition) is 2. The minimum Gasteiger partial charge on any atom is -0.396 e. The first-order valence-electron chi connectivity index (χ1n) is 4.90. The molecule has 0 aliphatic rings. The van der Waals surface area contributed by atoms with Crippen molar-refractivity contribution in [3.63, 3.8) is 0 Å². The third kappa shape index (κ3) is 11.1. The fraction of sp³-hybridized carbons (Fsp3) is 0.417. The second kappa shape index (κ2) is 13.2. The van der Waals surface area contributed by atoms with Crippen LogP contribution in [0.4, 0.5) is 0 Å². The number of aliphatic hydroxyl groups excluding tert-OH is 1. The van der Waals surface area contributed by atoms with Gasteiger partial charge in [-0.1, -0.05) is 41.9 Å². The average molecular weight is 272 g/mol. The van der Waals surface area contributed by atoms with Gasteiger partial charge in [0.05, 0.1) is 6.07 Å². The fourth-order valence-corrected chi connectivity index (χ4v) is 1.04. The molecule has 2 nitrogen and oxygen atoms in total. The summed E-state index contributed by atoms with van der Waals surface area (Å²) >= 11 is 3.33. The van der Waals surface area contributed by atoms with E-state index in [0.717, 1.165) is 10.9 Å². The molecule has 0 unspecified atom stereocenters. The predicted octanol–water partition coefficient (Wildman–Crippen LogP) is 3.54. The van der Waals surface area contributed by atoms with Gasteiger partial charge in [0.2, 0.25) is 0 Å². The third-order valence-corrected chi connectivity index (χ3v) is 1.84. The summed E-state index contributed by atoms with van der Waals surface area (Å²) in [6, 6.07) is 9.70. The van der Waals surface area contributed by atoms with Crippen LogP contribution in [0.15, 0.2) is 28.7 Å². The lowest BCUT2D eigenvalue weighted by molar-refractivity contribution is 0.299. The highest BCUT2D eigenvalue weighted by Gasteiger charge is 1.89. The highest BCUT2D eigenvalue weighted by molar-refractivity contribution is 9.10. The van der Waals surface area contributed by atoms with Crippen LogP contribution in [0.2, 0.25) is 0 Å². The molecule has 0 heterocycles. The molecule has 0 saturated heterocycles. The van der Waals surface area contributed by atoms with E-state index in [1.54, 1.807) is 6.07 Å². The van der Waals surface area contributed by atoms with E-state index < -0.39 is 0 Å². The topological polar surface area (TPSA) is 44.0 Å². The van der Waals surface area contributed by atoms with Crippen molar-refractivity contribution < 1.29 is 5.11 Å². The van der Waals surface area contributed by atoms with Gasteiger partial charge in [-0.3, -0.25) is 0 Å². The summed E-state index contributed by atoms with van der Waals surface area (Å²) in [5.41, 5.74) is 1.17. The molecule has 1 aromatic carbocycles. The molecular formula is C12H18BrNO. The first kappa shape index (κ1) is 16.6. The van der Waals surface area contributed by atoms with Crippen molar-refractivity contribution in [3.8, 4) is 6.07 Å². The Labute approximate surface area is 101 Å². The van der Waals surface area contributed by atoms with E-state index in [4.69, 9.17) is 10.4 Å². The van der Waals surface area contributed by atoms with Gasteiger partial charge in [-0.25, -0.2) is 0 Å². The van der Waals surface area contributed by atoms with Gasteiger partial charge in [-0.2, -0.15) is 5.26 Å². The molecule has 0 aliphatic heterocycles. The highest BCUT2D eigenvalue weighted by Crippen LogP contribution is 2.10. The standard InChI is InChI=1S/C8H9BrO.C2H3N.C2H6/c9-8-3-1-7(2-4-8)5-6-10;1-2-3;1-2/h1-4,10H,5-6H2;1H3;1-2H3. The Morgan fingerprint density at radius 1 is 1.27 bits per heavy atom. The molecule has 0 aromatic heterocycles. The van der Waals surface area contributed by atoms with E-state index in [2.05, 4.69) is 15.9 Å². The lowest BCUT2D eigenvalue weighted by atomic mass is 10.2. The van der Waals surface area contributed by atoms with Crippen LogP contribution in [0, 0.1) is 11.3 Å². The van der Waals surface area contributed by atoms with E-state index in [-0.39, 0.29) is 6.61 Å². The SMILES string of the molecule is CC.CC#N.OCCc1ccc(Br)cc1. The smallest absolute Gasteiger partial charge is 0.0587 e. The molecule has 84 valence electrons. The Hall–Kier alpha value is -0.850. The van der Waals surface area contributed by atoms with Gasteiger partial charge in [-0.05, 0) is 24.1 Å². The molecule has 1 N–H and O–H groups in total. The van der Waals surface area contributed by atoms with E-state index in [0.29, 0.717) is 0 Å². The summed E-state index contributed by atoms with van der Waals surface area (Å²) in [6.45, 7) is 5.65. The maximum absolute atomic E-state index is 8.58. The lowest BCUT2D eigenvalue weighted by Crippen LogP contribution is -1.88. The van der Waals surface area contributed by atoms with Gasteiger partial charge < -0.3 is 5.11 Å². The molecule has 0 radical (unpaired) electrons. The molecule has 0 bridgehead atoms. The molecule has 0 saturated carbocycles. The maximum atomic E-state index is 8.58. The van der Waals surface area contributed by atoms with Crippen molar-refractivity contribution in [3.05, 3.63) is 34.3 Å². The molecule has 15 heavy (non-hydrogen) atoms. The van der Waals surface area contributed by atoms with Crippen LogP contribution >= 0.6 is 15.9 Å². The molecule has 1 aromatic rings. The van der Waals surface area contributed by atoms with Gasteiger partial charge in [-0.15, -0.1) is 0 Å². The van der Waals surface area contributed by atoms with E-state index in [1.807, 2.05) is 38.1 Å². The summed E-state index contributed by atoms with van der Waals surface area (Å²) in [7, 11) is 0. The summed E-state index contributed by atoms with van der Waals surface area (Å²) in [5.74, 6) is 0. The second-order valence-corrected chi connectivity index (χ2v) is 3.24. The van der Waals surface area contributed by atoms with Crippen LogP contribution in [0.3, 0.4) is 0 Å². The minimum absolute atomic E-state index is 0.224. The monoisotopic (exact) mass is 271 g/mol. The van der Waals surface area contributed by atoms with Crippen molar-refractivity contribution in [1.82, 2.24) is 0 Å². The van der Waals surface area contributed by atoms with Gasteiger partial charge in [0.1, 0.15) is 0 Å². The minimum atomic E-state index is 0.224. The van der Waals surface area contributed by atoms with Crippen LogP contribution < -0.4 is 0 Å². The van der Waals surface area contributed by atoms with Gasteiger partial charge >= 0.3 is 0 Å². The molecule has 0 amide bonds. The Kier molecular flexibility index (Phi) is 14.5. The van der Waals surface area contributed by atoms with Crippen molar-refractivity contribution in [2.45, 2.75) is 27.2 Å². The summed E-state index contributed by atoms with van der Waals surface area (Å²) in [5, 5.41) is 15.9. The number of nitriles is 1. The van der Waals surface area contributed by atoms with Gasteiger partial charge in [0.25, 0.3) is 0 Å². The molecule has 0 fully saturated rings. The summed E-state index contributed by atoms with van der Waals surface area (Å²) in [6.07, 6.45) is 0.743. The van der Waals surface area contributed by atoms with Crippen molar-refractivity contribution in [1.29, 1.82) is 5.26 Å². The molecule has 3 heteroatoms. The first-order valence-corrected chi connectivity index (χ1v) is 5.70. The largest absolute Gasteiger partial charge is 0.396 e. The second-order valence-electron chi connectivity index (χ2n) is 2.32. The van der Waals surface area contributed by atoms with Gasteiger partial charge in [0, 0.05) is 18.0 Å². The Balaban J connectivity index is 0. The van der Waals surface area contributed by atoms with Crippen LogP contribution in [0.5, 0.6) is 0 Å². The normalized spacial score (nSPS) is 7.47. The number of aliphatic hydroxyl groups is 1. The molecule has 0 spiro atoms. The summed E-state index contributed by atoms with van der Waals surface area (Å²) in [4.78, 5) is 0. The van der Waals surface area contributed by atoms with E-state index >= 15 is 0 Å².